The van der Waals surface area contributed by atoms with Crippen molar-refractivity contribution in [2.45, 2.75) is 50.2 Å². The van der Waals surface area contributed by atoms with Gasteiger partial charge in [0.15, 0.2) is 0 Å². The van der Waals surface area contributed by atoms with Crippen LogP contribution in [0.25, 0.3) is 0 Å². The Morgan fingerprint density at radius 1 is 1.31 bits per heavy atom. The van der Waals surface area contributed by atoms with E-state index >= 15 is 0 Å². The molecule has 2 aliphatic rings. The van der Waals surface area contributed by atoms with Gasteiger partial charge in [-0.05, 0) is 42.9 Å². The molecule has 1 aromatic heterocycles. The lowest BCUT2D eigenvalue weighted by atomic mass is 9.86. The Morgan fingerprint density at radius 3 is 2.96 bits per heavy atom. The number of nitrogens with one attached hydrogen (secondary N) is 2. The summed E-state index contributed by atoms with van der Waals surface area (Å²) in [6.45, 7) is 0. The van der Waals surface area contributed by atoms with Crippen molar-refractivity contribution >= 4 is 5.91 Å². The number of aryl methyl sites for hydroxylation is 1. The van der Waals surface area contributed by atoms with Gasteiger partial charge in [-0.2, -0.15) is 0 Å². The largest absolute Gasteiger partial charge is 0.496 e. The maximum atomic E-state index is 12.0. The Kier molecular flexibility index (Phi) is 4.68. The average molecular weight is 354 g/mol. The highest BCUT2D eigenvalue weighted by Crippen LogP contribution is 2.31. The van der Waals surface area contributed by atoms with Crippen molar-refractivity contribution in [3.8, 4) is 5.75 Å². The predicted octanol–water partition coefficient (Wildman–Crippen LogP) is 1.90. The molecule has 138 valence electrons. The van der Waals surface area contributed by atoms with E-state index in [0.29, 0.717) is 12.5 Å². The fourth-order valence-electron chi connectivity index (χ4n) is 4.33. The Bertz CT molecular complexity index is 801. The van der Waals surface area contributed by atoms with Crippen LogP contribution in [0, 0.1) is 0 Å². The van der Waals surface area contributed by atoms with E-state index in [1.165, 1.54) is 11.1 Å². The van der Waals surface area contributed by atoms with Gasteiger partial charge in [-0.3, -0.25) is 4.79 Å². The summed E-state index contributed by atoms with van der Waals surface area (Å²) in [5.74, 6) is 1.12. The Labute approximate surface area is 154 Å². The minimum atomic E-state index is -0.0320. The maximum absolute atomic E-state index is 12.0. The number of hydrogen-bond donors (Lipinski definition) is 2. The van der Waals surface area contributed by atoms with Gasteiger partial charge in [-0.15, -0.1) is 0 Å². The maximum Gasteiger partial charge on any atom is 0.220 e. The van der Waals surface area contributed by atoms with Crippen molar-refractivity contribution in [1.29, 1.82) is 0 Å². The number of carbonyl (C=O) groups excluding carboxylic acids is 1. The average Bonchev–Trinajstić information content (AvgIpc) is 3.08. The van der Waals surface area contributed by atoms with Gasteiger partial charge in [0.25, 0.3) is 0 Å². The molecule has 0 spiro atoms. The molecule has 0 bridgehead atoms. The molecule has 1 aliphatic carbocycles. The smallest absolute Gasteiger partial charge is 0.220 e. The van der Waals surface area contributed by atoms with Crippen LogP contribution >= 0.6 is 0 Å². The molecule has 1 aliphatic heterocycles. The van der Waals surface area contributed by atoms with Gasteiger partial charge in [0.05, 0.1) is 31.4 Å². The number of piperidine rings is 1. The Hall–Kier alpha value is -2.34. The SMILES string of the molecule is COc1cccc2c1CC[C@@H](N[C@@H]1CCC(=O)N[C@H]1c1cncn1C)C2. The second kappa shape index (κ2) is 7.11. The van der Waals surface area contributed by atoms with Crippen molar-refractivity contribution in [3.05, 3.63) is 47.5 Å². The first kappa shape index (κ1) is 17.1. The topological polar surface area (TPSA) is 68.2 Å². The number of hydrogen-bond acceptors (Lipinski definition) is 4. The molecule has 1 saturated heterocycles. The fourth-order valence-corrected chi connectivity index (χ4v) is 4.33. The van der Waals surface area contributed by atoms with Crippen LogP contribution in [-0.4, -0.2) is 34.7 Å². The molecule has 1 amide bonds. The zero-order valence-corrected chi connectivity index (χ0v) is 15.4. The molecule has 6 nitrogen and oxygen atoms in total. The molecule has 6 heteroatoms. The fraction of sp³-hybridized carbons (Fsp3) is 0.500. The van der Waals surface area contributed by atoms with Crippen LogP contribution in [-0.2, 0) is 24.7 Å². The van der Waals surface area contributed by atoms with Gasteiger partial charge in [-0.25, -0.2) is 4.98 Å². The van der Waals surface area contributed by atoms with Gasteiger partial charge < -0.3 is 19.9 Å². The van der Waals surface area contributed by atoms with E-state index in [-0.39, 0.29) is 18.0 Å². The van der Waals surface area contributed by atoms with E-state index in [1.54, 1.807) is 13.4 Å². The Morgan fingerprint density at radius 2 is 2.19 bits per heavy atom. The van der Waals surface area contributed by atoms with E-state index in [1.807, 2.05) is 23.9 Å². The number of benzene rings is 1. The van der Waals surface area contributed by atoms with Crippen LogP contribution in [0.5, 0.6) is 5.75 Å². The number of nitrogens with zero attached hydrogens (tertiary/aromatic N) is 2. The standard InChI is InChI=1S/C20H26N4O2/c1-24-12-21-11-17(24)20-16(8-9-19(25)23-20)22-14-6-7-15-13(10-14)4-3-5-18(15)26-2/h3-5,11-12,14,16,20,22H,6-10H2,1-2H3,(H,23,25)/t14-,16-,20-/m1/s1. The highest BCUT2D eigenvalue weighted by atomic mass is 16.5. The lowest BCUT2D eigenvalue weighted by Crippen LogP contribution is -2.52. The van der Waals surface area contributed by atoms with Gasteiger partial charge >= 0.3 is 0 Å². The lowest BCUT2D eigenvalue weighted by molar-refractivity contribution is -0.124. The quantitative estimate of drug-likeness (QED) is 0.880. The third kappa shape index (κ3) is 3.21. The Balaban J connectivity index is 1.51. The third-order valence-electron chi connectivity index (χ3n) is 5.68. The van der Waals surface area contributed by atoms with Gasteiger partial charge in [-0.1, -0.05) is 12.1 Å². The molecule has 1 aromatic carbocycles. The first-order valence-corrected chi connectivity index (χ1v) is 9.32. The van der Waals surface area contributed by atoms with Crippen LogP contribution in [0.1, 0.15) is 42.1 Å². The minimum Gasteiger partial charge on any atom is -0.496 e. The van der Waals surface area contributed by atoms with Crippen molar-refractivity contribution < 1.29 is 9.53 Å². The monoisotopic (exact) mass is 354 g/mol. The van der Waals surface area contributed by atoms with Crippen LogP contribution in [0.3, 0.4) is 0 Å². The second-order valence-corrected chi connectivity index (χ2v) is 7.32. The van der Waals surface area contributed by atoms with Crippen LogP contribution < -0.4 is 15.4 Å². The normalized spacial score (nSPS) is 25.5. The van der Waals surface area contributed by atoms with E-state index in [2.05, 4.69) is 27.8 Å². The summed E-state index contributed by atoms with van der Waals surface area (Å²) in [7, 11) is 3.71. The van der Waals surface area contributed by atoms with Gasteiger partial charge in [0, 0.05) is 25.6 Å². The summed E-state index contributed by atoms with van der Waals surface area (Å²) in [5.41, 5.74) is 3.76. The van der Waals surface area contributed by atoms with Crippen LogP contribution in [0.15, 0.2) is 30.7 Å². The summed E-state index contributed by atoms with van der Waals surface area (Å²) in [6, 6.07) is 6.91. The molecule has 2 aromatic rings. The number of amides is 1. The summed E-state index contributed by atoms with van der Waals surface area (Å²) >= 11 is 0. The number of carbonyl (C=O) groups is 1. The molecule has 2 heterocycles. The zero-order valence-electron chi connectivity index (χ0n) is 15.4. The molecule has 0 unspecified atom stereocenters. The van der Waals surface area contributed by atoms with E-state index in [4.69, 9.17) is 4.74 Å². The minimum absolute atomic E-state index is 0.0320. The summed E-state index contributed by atoms with van der Waals surface area (Å²) < 4.78 is 7.50. The first-order chi connectivity index (χ1) is 12.7. The van der Waals surface area contributed by atoms with Crippen molar-refractivity contribution in [2.75, 3.05) is 7.11 Å². The number of imidazole rings is 1. The predicted molar refractivity (Wildman–Crippen MR) is 99.1 cm³/mol. The number of rotatable bonds is 4. The molecular formula is C20H26N4O2. The molecule has 3 atom stereocenters. The molecule has 26 heavy (non-hydrogen) atoms. The highest BCUT2D eigenvalue weighted by Gasteiger charge is 2.33. The number of fused-ring (bicyclic) bond motifs is 1. The molecule has 0 radical (unpaired) electrons. The van der Waals surface area contributed by atoms with Crippen molar-refractivity contribution in [3.63, 3.8) is 0 Å². The molecule has 4 rings (SSSR count). The third-order valence-corrected chi connectivity index (χ3v) is 5.68. The van der Waals surface area contributed by atoms with E-state index in [9.17, 15) is 4.79 Å². The molecule has 1 fully saturated rings. The van der Waals surface area contributed by atoms with Gasteiger partial charge in [0.2, 0.25) is 5.91 Å². The molecular weight excluding hydrogens is 328 g/mol. The number of aromatic nitrogens is 2. The van der Waals surface area contributed by atoms with E-state index in [0.717, 1.165) is 37.1 Å². The van der Waals surface area contributed by atoms with Crippen molar-refractivity contribution in [1.82, 2.24) is 20.2 Å². The summed E-state index contributed by atoms with van der Waals surface area (Å²) in [5, 5.41) is 6.98. The van der Waals surface area contributed by atoms with Gasteiger partial charge in [0.1, 0.15) is 5.75 Å². The molecule has 0 saturated carbocycles. The van der Waals surface area contributed by atoms with Crippen LogP contribution in [0.2, 0.25) is 0 Å². The highest BCUT2D eigenvalue weighted by molar-refractivity contribution is 5.77. The zero-order chi connectivity index (χ0) is 18.1. The number of ether oxygens (including phenoxy) is 1. The van der Waals surface area contributed by atoms with Crippen molar-refractivity contribution in [2.24, 2.45) is 7.05 Å². The summed E-state index contributed by atoms with van der Waals surface area (Å²) in [6.07, 6.45) is 8.16. The first-order valence-electron chi connectivity index (χ1n) is 9.32. The lowest BCUT2D eigenvalue weighted by Gasteiger charge is -2.37. The second-order valence-electron chi connectivity index (χ2n) is 7.32. The van der Waals surface area contributed by atoms with E-state index < -0.39 is 0 Å². The summed E-state index contributed by atoms with van der Waals surface area (Å²) in [4.78, 5) is 16.2. The van der Waals surface area contributed by atoms with Crippen LogP contribution in [0.4, 0.5) is 0 Å². The number of methoxy groups -OCH3 is 1. The molecule has 2 N–H and O–H groups in total.